The van der Waals surface area contributed by atoms with E-state index in [-0.39, 0.29) is 24.0 Å². The van der Waals surface area contributed by atoms with Crippen molar-refractivity contribution in [1.29, 1.82) is 0 Å². The Hall–Kier alpha value is -0.790. The van der Waals surface area contributed by atoms with Crippen LogP contribution in [0.25, 0.3) is 0 Å². The highest BCUT2D eigenvalue weighted by Crippen LogP contribution is 2.28. The topological polar surface area (TPSA) is 45.5 Å². The van der Waals surface area contributed by atoms with Gasteiger partial charge in [-0.3, -0.25) is 4.99 Å². The Morgan fingerprint density at radius 2 is 2.18 bits per heavy atom. The number of hydrogen-bond acceptors (Lipinski definition) is 2. The lowest BCUT2D eigenvalue weighted by Crippen LogP contribution is -2.41. The van der Waals surface area contributed by atoms with Crippen molar-refractivity contribution >= 4 is 29.9 Å². The third-order valence-electron chi connectivity index (χ3n) is 4.22. The highest BCUT2D eigenvalue weighted by Gasteiger charge is 2.30. The maximum absolute atomic E-state index is 4.41. The summed E-state index contributed by atoms with van der Waals surface area (Å²) in [4.78, 5) is 11.0. The van der Waals surface area contributed by atoms with E-state index in [0.717, 1.165) is 50.8 Å². The highest BCUT2D eigenvalue weighted by atomic mass is 127. The lowest BCUT2D eigenvalue weighted by Gasteiger charge is -2.23. The number of nitrogens with zero attached hydrogens (tertiary/aromatic N) is 4. The first kappa shape index (κ1) is 19.3. The molecule has 2 rings (SSSR count). The molecule has 126 valence electrons. The van der Waals surface area contributed by atoms with Gasteiger partial charge in [0.1, 0.15) is 5.82 Å². The summed E-state index contributed by atoms with van der Waals surface area (Å²) in [5, 5.41) is 3.49. The lowest BCUT2D eigenvalue weighted by atomic mass is 9.93. The van der Waals surface area contributed by atoms with Crippen LogP contribution >= 0.6 is 24.0 Å². The van der Waals surface area contributed by atoms with E-state index in [9.17, 15) is 0 Å². The molecule has 1 aliphatic rings. The van der Waals surface area contributed by atoms with E-state index in [4.69, 9.17) is 0 Å². The van der Waals surface area contributed by atoms with Crippen LogP contribution in [-0.2, 0) is 6.54 Å². The second kappa shape index (κ2) is 8.74. The minimum Gasteiger partial charge on any atom is -0.356 e. The van der Waals surface area contributed by atoms with Gasteiger partial charge >= 0.3 is 0 Å². The molecule has 1 aromatic rings. The molecule has 0 saturated carbocycles. The number of unbranched alkanes of at least 4 members (excludes halogenated alkanes) is 1. The monoisotopic (exact) mass is 419 g/mol. The van der Waals surface area contributed by atoms with Crippen molar-refractivity contribution in [2.75, 3.05) is 26.7 Å². The van der Waals surface area contributed by atoms with Gasteiger partial charge in [0, 0.05) is 45.6 Å². The van der Waals surface area contributed by atoms with Crippen molar-refractivity contribution in [2.45, 2.75) is 46.6 Å². The standard InChI is InChI=1S/C16H29N5.HI/c1-14-18-9-12-20(14)10-6-5-8-19-15(17-4)21-11-7-16(2,3)13-21;/h9,12H,5-8,10-11,13H2,1-4H3,(H,17,19);1H. The van der Waals surface area contributed by atoms with Crippen LogP contribution in [-0.4, -0.2) is 47.1 Å². The highest BCUT2D eigenvalue weighted by molar-refractivity contribution is 14.0. The number of aliphatic imine (C=N–C) groups is 1. The zero-order chi connectivity index (χ0) is 15.3. The largest absolute Gasteiger partial charge is 0.356 e. The van der Waals surface area contributed by atoms with Gasteiger partial charge in [-0.2, -0.15) is 0 Å². The van der Waals surface area contributed by atoms with Crippen LogP contribution in [0.4, 0.5) is 0 Å². The Morgan fingerprint density at radius 3 is 2.73 bits per heavy atom. The van der Waals surface area contributed by atoms with E-state index in [1.165, 1.54) is 6.42 Å². The maximum Gasteiger partial charge on any atom is 0.193 e. The van der Waals surface area contributed by atoms with E-state index in [1.54, 1.807) is 0 Å². The number of guanidine groups is 1. The lowest BCUT2D eigenvalue weighted by molar-refractivity contribution is 0.370. The SMILES string of the molecule is CN=C(NCCCCn1ccnc1C)N1CCC(C)(C)C1.I. The van der Waals surface area contributed by atoms with E-state index < -0.39 is 0 Å². The molecule has 2 heterocycles. The average molecular weight is 419 g/mol. The fraction of sp³-hybridized carbons (Fsp3) is 0.750. The van der Waals surface area contributed by atoms with Gasteiger partial charge in [0.05, 0.1) is 0 Å². The first-order valence-electron chi connectivity index (χ1n) is 7.95. The van der Waals surface area contributed by atoms with Crippen molar-refractivity contribution in [2.24, 2.45) is 10.4 Å². The third kappa shape index (κ3) is 5.44. The molecule has 0 aliphatic carbocycles. The van der Waals surface area contributed by atoms with Gasteiger partial charge in [0.2, 0.25) is 0 Å². The number of likely N-dealkylation sites (tertiary alicyclic amines) is 1. The molecule has 1 aromatic heterocycles. The number of halogens is 1. The second-order valence-electron chi connectivity index (χ2n) is 6.68. The summed E-state index contributed by atoms with van der Waals surface area (Å²) in [7, 11) is 1.88. The molecule has 0 bridgehead atoms. The minimum absolute atomic E-state index is 0. The van der Waals surface area contributed by atoms with Gasteiger partial charge < -0.3 is 14.8 Å². The number of rotatable bonds is 5. The van der Waals surface area contributed by atoms with Crippen LogP contribution in [0.15, 0.2) is 17.4 Å². The first-order chi connectivity index (χ1) is 10.0. The minimum atomic E-state index is 0. The van der Waals surface area contributed by atoms with Gasteiger partial charge in [0.25, 0.3) is 0 Å². The Balaban J connectivity index is 0.00000242. The molecule has 22 heavy (non-hydrogen) atoms. The molecule has 6 heteroatoms. The normalized spacial score (nSPS) is 17.5. The third-order valence-corrected chi connectivity index (χ3v) is 4.22. The average Bonchev–Trinajstić information content (AvgIpc) is 3.00. The van der Waals surface area contributed by atoms with Crippen molar-refractivity contribution < 1.29 is 0 Å². The van der Waals surface area contributed by atoms with Crippen molar-refractivity contribution in [3.8, 4) is 0 Å². The molecule has 1 fully saturated rings. The molecule has 0 radical (unpaired) electrons. The van der Waals surface area contributed by atoms with Gasteiger partial charge in [-0.15, -0.1) is 24.0 Å². The van der Waals surface area contributed by atoms with Crippen LogP contribution in [0.5, 0.6) is 0 Å². The predicted octanol–water partition coefficient (Wildman–Crippen LogP) is 2.90. The summed E-state index contributed by atoms with van der Waals surface area (Å²) >= 11 is 0. The van der Waals surface area contributed by atoms with E-state index in [1.807, 2.05) is 19.4 Å². The Bertz CT molecular complexity index is 481. The van der Waals surface area contributed by atoms with Crippen molar-refractivity contribution in [3.63, 3.8) is 0 Å². The molecule has 0 amide bonds. The fourth-order valence-electron chi connectivity index (χ4n) is 2.87. The summed E-state index contributed by atoms with van der Waals surface area (Å²) in [6.07, 6.45) is 7.47. The molecular weight excluding hydrogens is 389 g/mol. The summed E-state index contributed by atoms with van der Waals surface area (Å²) < 4.78 is 2.21. The zero-order valence-corrected chi connectivity index (χ0v) is 16.6. The molecular formula is C16H30IN5. The second-order valence-corrected chi connectivity index (χ2v) is 6.68. The van der Waals surface area contributed by atoms with Crippen LogP contribution in [0.2, 0.25) is 0 Å². The Morgan fingerprint density at radius 1 is 1.41 bits per heavy atom. The number of imidazole rings is 1. The molecule has 1 saturated heterocycles. The molecule has 5 nitrogen and oxygen atoms in total. The van der Waals surface area contributed by atoms with Crippen LogP contribution < -0.4 is 5.32 Å². The quantitative estimate of drug-likeness (QED) is 0.346. The molecule has 0 unspecified atom stereocenters. The summed E-state index contributed by atoms with van der Waals surface area (Å²) in [6.45, 7) is 10.9. The fourth-order valence-corrected chi connectivity index (χ4v) is 2.87. The maximum atomic E-state index is 4.41. The van der Waals surface area contributed by atoms with Crippen LogP contribution in [0.1, 0.15) is 38.9 Å². The van der Waals surface area contributed by atoms with Crippen LogP contribution in [0, 0.1) is 12.3 Å². The number of nitrogens with one attached hydrogen (secondary N) is 1. The Labute approximate surface area is 151 Å². The smallest absolute Gasteiger partial charge is 0.193 e. The van der Waals surface area contributed by atoms with Crippen molar-refractivity contribution in [1.82, 2.24) is 19.8 Å². The van der Waals surface area contributed by atoms with Gasteiger partial charge in [-0.25, -0.2) is 4.98 Å². The predicted molar refractivity (Wildman–Crippen MR) is 103 cm³/mol. The van der Waals surface area contributed by atoms with Crippen LogP contribution in [0.3, 0.4) is 0 Å². The zero-order valence-electron chi connectivity index (χ0n) is 14.3. The number of aromatic nitrogens is 2. The molecule has 0 spiro atoms. The molecule has 0 atom stereocenters. The van der Waals surface area contributed by atoms with E-state index >= 15 is 0 Å². The summed E-state index contributed by atoms with van der Waals surface area (Å²) in [5.74, 6) is 2.15. The number of aryl methyl sites for hydroxylation is 2. The van der Waals surface area contributed by atoms with E-state index in [0.29, 0.717) is 5.41 Å². The number of hydrogen-bond donors (Lipinski definition) is 1. The molecule has 1 N–H and O–H groups in total. The molecule has 1 aliphatic heterocycles. The van der Waals surface area contributed by atoms with Gasteiger partial charge in [0.15, 0.2) is 5.96 Å². The summed E-state index contributed by atoms with van der Waals surface area (Å²) in [5.41, 5.74) is 0.413. The molecule has 0 aromatic carbocycles. The Kier molecular flexibility index (Phi) is 7.65. The van der Waals surface area contributed by atoms with Crippen molar-refractivity contribution in [3.05, 3.63) is 18.2 Å². The van der Waals surface area contributed by atoms with E-state index in [2.05, 4.69) is 45.5 Å². The first-order valence-corrected chi connectivity index (χ1v) is 7.95. The van der Waals surface area contributed by atoms with Gasteiger partial charge in [-0.1, -0.05) is 13.8 Å². The van der Waals surface area contributed by atoms with Gasteiger partial charge in [-0.05, 0) is 31.6 Å². The summed E-state index contributed by atoms with van der Waals surface area (Å²) in [6, 6.07) is 0.